The van der Waals surface area contributed by atoms with Gasteiger partial charge < -0.3 is 5.73 Å². The maximum absolute atomic E-state index is 5.69. The molecule has 0 bridgehead atoms. The van der Waals surface area contributed by atoms with Crippen LogP contribution in [0.1, 0.15) is 31.2 Å². The first-order chi connectivity index (χ1) is 7.90. The Morgan fingerprint density at radius 3 is 2.75 bits per heavy atom. The van der Waals surface area contributed by atoms with Gasteiger partial charge in [0.25, 0.3) is 0 Å². The molecule has 1 fully saturated rings. The average Bonchev–Trinajstić information content (AvgIpc) is 2.33. The van der Waals surface area contributed by atoms with Crippen LogP contribution in [0.2, 0.25) is 0 Å². The fourth-order valence-corrected chi connectivity index (χ4v) is 2.61. The smallest absolute Gasteiger partial charge is 0.0236 e. The Balaban J connectivity index is 1.96. The molecule has 2 N–H and O–H groups in total. The Labute approximate surface area is 98.4 Å². The number of piperidine rings is 1. The van der Waals surface area contributed by atoms with Gasteiger partial charge in [-0.15, -0.1) is 0 Å². The number of rotatable bonds is 4. The van der Waals surface area contributed by atoms with Gasteiger partial charge in [-0.3, -0.25) is 4.90 Å². The third-order valence-corrected chi connectivity index (χ3v) is 3.48. The largest absolute Gasteiger partial charge is 0.330 e. The normalized spacial score (nSPS) is 22.2. The summed E-state index contributed by atoms with van der Waals surface area (Å²) in [5.74, 6) is 0. The average molecular weight is 218 g/mol. The van der Waals surface area contributed by atoms with Crippen LogP contribution < -0.4 is 5.73 Å². The highest BCUT2D eigenvalue weighted by Crippen LogP contribution is 2.21. The maximum atomic E-state index is 5.69. The summed E-state index contributed by atoms with van der Waals surface area (Å²) in [6.07, 6.45) is 5.18. The van der Waals surface area contributed by atoms with Crippen LogP contribution >= 0.6 is 0 Å². The number of hydrogen-bond acceptors (Lipinski definition) is 2. The summed E-state index contributed by atoms with van der Waals surface area (Å²) in [5, 5.41) is 0. The van der Waals surface area contributed by atoms with Gasteiger partial charge in [-0.1, -0.05) is 36.8 Å². The molecule has 1 aliphatic rings. The summed E-state index contributed by atoms with van der Waals surface area (Å²) >= 11 is 0. The first-order valence-corrected chi connectivity index (χ1v) is 6.38. The molecule has 0 aliphatic carbocycles. The summed E-state index contributed by atoms with van der Waals surface area (Å²) < 4.78 is 0. The summed E-state index contributed by atoms with van der Waals surface area (Å²) in [7, 11) is 0. The van der Waals surface area contributed by atoms with E-state index in [4.69, 9.17) is 5.73 Å². The van der Waals surface area contributed by atoms with Gasteiger partial charge in [0, 0.05) is 12.6 Å². The third kappa shape index (κ3) is 3.06. The van der Waals surface area contributed by atoms with E-state index in [2.05, 4.69) is 35.2 Å². The molecule has 0 amide bonds. The maximum Gasteiger partial charge on any atom is 0.0236 e. The molecule has 1 aromatic carbocycles. The van der Waals surface area contributed by atoms with Crippen molar-refractivity contribution in [3.8, 4) is 0 Å². The second-order valence-electron chi connectivity index (χ2n) is 4.68. The lowest BCUT2D eigenvalue weighted by Crippen LogP contribution is -2.40. The number of likely N-dealkylation sites (tertiary alicyclic amines) is 1. The van der Waals surface area contributed by atoms with Crippen molar-refractivity contribution in [2.75, 3.05) is 13.1 Å². The van der Waals surface area contributed by atoms with E-state index in [1.165, 1.54) is 31.4 Å². The fraction of sp³-hybridized carbons (Fsp3) is 0.571. The molecule has 1 aliphatic heterocycles. The van der Waals surface area contributed by atoms with Crippen LogP contribution in [0.25, 0.3) is 0 Å². The lowest BCUT2D eigenvalue weighted by molar-refractivity contribution is 0.134. The molecule has 1 aromatic rings. The summed E-state index contributed by atoms with van der Waals surface area (Å²) in [4.78, 5) is 2.60. The molecule has 2 nitrogen and oxygen atoms in total. The molecule has 1 saturated heterocycles. The third-order valence-electron chi connectivity index (χ3n) is 3.48. The highest BCUT2D eigenvalue weighted by atomic mass is 15.2. The zero-order valence-corrected chi connectivity index (χ0v) is 9.94. The van der Waals surface area contributed by atoms with E-state index in [0.717, 1.165) is 19.5 Å². The molecule has 0 spiro atoms. The first kappa shape index (κ1) is 11.6. The van der Waals surface area contributed by atoms with Gasteiger partial charge in [0.1, 0.15) is 0 Å². The minimum absolute atomic E-state index is 0.707. The van der Waals surface area contributed by atoms with Crippen LogP contribution in [0, 0.1) is 0 Å². The standard InChI is InChI=1S/C14H22N2/c15-10-9-14-8-4-5-11-16(14)12-13-6-2-1-3-7-13/h1-3,6-7,14H,4-5,8-12,15H2. The van der Waals surface area contributed by atoms with Gasteiger partial charge in [-0.05, 0) is 37.9 Å². The van der Waals surface area contributed by atoms with Gasteiger partial charge in [-0.2, -0.15) is 0 Å². The van der Waals surface area contributed by atoms with Crippen molar-refractivity contribution in [3.63, 3.8) is 0 Å². The van der Waals surface area contributed by atoms with Crippen molar-refractivity contribution in [2.45, 2.75) is 38.3 Å². The van der Waals surface area contributed by atoms with E-state index in [-0.39, 0.29) is 0 Å². The van der Waals surface area contributed by atoms with Crippen molar-refractivity contribution in [3.05, 3.63) is 35.9 Å². The molecule has 2 rings (SSSR count). The van der Waals surface area contributed by atoms with Crippen LogP contribution in [-0.2, 0) is 6.54 Å². The van der Waals surface area contributed by atoms with Gasteiger partial charge in [-0.25, -0.2) is 0 Å². The number of nitrogens with zero attached hydrogens (tertiary/aromatic N) is 1. The van der Waals surface area contributed by atoms with Crippen LogP contribution in [0.3, 0.4) is 0 Å². The van der Waals surface area contributed by atoms with Crippen molar-refractivity contribution < 1.29 is 0 Å². The van der Waals surface area contributed by atoms with E-state index in [1.54, 1.807) is 0 Å². The Hall–Kier alpha value is -0.860. The lowest BCUT2D eigenvalue weighted by Gasteiger charge is -2.35. The monoisotopic (exact) mass is 218 g/mol. The second-order valence-corrected chi connectivity index (χ2v) is 4.68. The van der Waals surface area contributed by atoms with Crippen molar-refractivity contribution in [2.24, 2.45) is 5.73 Å². The zero-order valence-electron chi connectivity index (χ0n) is 9.94. The van der Waals surface area contributed by atoms with E-state index < -0.39 is 0 Å². The van der Waals surface area contributed by atoms with Gasteiger partial charge in [0.15, 0.2) is 0 Å². The van der Waals surface area contributed by atoms with Gasteiger partial charge >= 0.3 is 0 Å². The summed E-state index contributed by atoms with van der Waals surface area (Å²) in [6, 6.07) is 11.5. The zero-order chi connectivity index (χ0) is 11.2. The van der Waals surface area contributed by atoms with Gasteiger partial charge in [0.05, 0.1) is 0 Å². The molecule has 0 saturated carbocycles. The topological polar surface area (TPSA) is 29.3 Å². The lowest BCUT2D eigenvalue weighted by atomic mass is 9.98. The molecule has 0 aromatic heterocycles. The number of nitrogens with two attached hydrogens (primary N) is 1. The molecule has 88 valence electrons. The van der Waals surface area contributed by atoms with E-state index in [1.807, 2.05) is 0 Å². The molecular weight excluding hydrogens is 196 g/mol. The fourth-order valence-electron chi connectivity index (χ4n) is 2.61. The second kappa shape index (κ2) is 6.02. The van der Waals surface area contributed by atoms with Crippen molar-refractivity contribution in [1.29, 1.82) is 0 Å². The Kier molecular flexibility index (Phi) is 4.37. The highest BCUT2D eigenvalue weighted by Gasteiger charge is 2.21. The number of benzene rings is 1. The van der Waals surface area contributed by atoms with Crippen LogP contribution in [0.4, 0.5) is 0 Å². The minimum Gasteiger partial charge on any atom is -0.330 e. The minimum atomic E-state index is 0.707. The Bertz CT molecular complexity index is 295. The van der Waals surface area contributed by atoms with Crippen LogP contribution in [0.5, 0.6) is 0 Å². The Morgan fingerprint density at radius 1 is 1.19 bits per heavy atom. The highest BCUT2D eigenvalue weighted by molar-refractivity contribution is 5.14. The predicted molar refractivity (Wildman–Crippen MR) is 68.2 cm³/mol. The van der Waals surface area contributed by atoms with Crippen molar-refractivity contribution >= 4 is 0 Å². The Morgan fingerprint density at radius 2 is 2.00 bits per heavy atom. The summed E-state index contributed by atoms with van der Waals surface area (Å²) in [6.45, 7) is 3.14. The van der Waals surface area contributed by atoms with E-state index in [9.17, 15) is 0 Å². The molecule has 1 unspecified atom stereocenters. The quantitative estimate of drug-likeness (QED) is 0.841. The molecule has 1 heterocycles. The molecule has 2 heteroatoms. The van der Waals surface area contributed by atoms with Crippen molar-refractivity contribution in [1.82, 2.24) is 4.90 Å². The summed E-state index contributed by atoms with van der Waals surface area (Å²) in [5.41, 5.74) is 7.11. The van der Waals surface area contributed by atoms with E-state index >= 15 is 0 Å². The van der Waals surface area contributed by atoms with Crippen LogP contribution in [-0.4, -0.2) is 24.0 Å². The molecule has 16 heavy (non-hydrogen) atoms. The van der Waals surface area contributed by atoms with Crippen LogP contribution in [0.15, 0.2) is 30.3 Å². The SMILES string of the molecule is NCCC1CCCCN1Cc1ccccc1. The molecular formula is C14H22N2. The van der Waals surface area contributed by atoms with E-state index in [0.29, 0.717) is 6.04 Å². The number of hydrogen-bond donors (Lipinski definition) is 1. The first-order valence-electron chi connectivity index (χ1n) is 6.38. The van der Waals surface area contributed by atoms with Gasteiger partial charge in [0.2, 0.25) is 0 Å². The molecule has 0 radical (unpaired) electrons. The molecule has 1 atom stereocenters. The predicted octanol–water partition coefficient (Wildman–Crippen LogP) is 2.39.